The van der Waals surface area contributed by atoms with Crippen LogP contribution in [0.25, 0.3) is 11.3 Å². The van der Waals surface area contributed by atoms with E-state index in [0.29, 0.717) is 29.9 Å². The molecule has 1 saturated heterocycles. The van der Waals surface area contributed by atoms with Gasteiger partial charge in [-0.05, 0) is 49.6 Å². The predicted octanol–water partition coefficient (Wildman–Crippen LogP) is 7.55. The van der Waals surface area contributed by atoms with Crippen molar-refractivity contribution in [1.82, 2.24) is 14.9 Å². The van der Waals surface area contributed by atoms with Crippen LogP contribution in [0.3, 0.4) is 0 Å². The van der Waals surface area contributed by atoms with Crippen LogP contribution in [-0.4, -0.2) is 52.7 Å². The van der Waals surface area contributed by atoms with E-state index in [1.54, 1.807) is 11.0 Å². The van der Waals surface area contributed by atoms with E-state index in [9.17, 15) is 31.5 Å². The van der Waals surface area contributed by atoms with Gasteiger partial charge in [-0.1, -0.05) is 24.4 Å². The van der Waals surface area contributed by atoms with Gasteiger partial charge in [0, 0.05) is 41.4 Å². The van der Waals surface area contributed by atoms with Gasteiger partial charge in [0.1, 0.15) is 23.5 Å². The summed E-state index contributed by atoms with van der Waals surface area (Å²) < 4.78 is 76.1. The van der Waals surface area contributed by atoms with Gasteiger partial charge >= 0.3 is 12.3 Å². The summed E-state index contributed by atoms with van der Waals surface area (Å²) in [5, 5.41) is 4.83. The molecule has 3 N–H and O–H groups in total. The summed E-state index contributed by atoms with van der Waals surface area (Å²) in [5.74, 6) is -2.27. The van der Waals surface area contributed by atoms with E-state index in [4.69, 9.17) is 11.6 Å². The van der Waals surface area contributed by atoms with Gasteiger partial charge in [0.05, 0.1) is 30.1 Å². The SMILES string of the molecule is COC(=O)Nc1ccc2c(c1)N[C@H](C(F)(F)F)CCCC[C@H](N1CCC(c3c(F)ccc(Cl)c3F)CC1=O)c1ncc-2[nH]1. The van der Waals surface area contributed by atoms with Crippen molar-refractivity contribution in [3.63, 3.8) is 0 Å². The smallest absolute Gasteiger partial charge is 0.411 e. The number of hydrogen-bond acceptors (Lipinski definition) is 5. The number of piperidine rings is 1. The van der Waals surface area contributed by atoms with Crippen LogP contribution >= 0.6 is 11.6 Å². The molecule has 5 rings (SSSR count). The fraction of sp³-hybridized carbons (Fsp3) is 0.414. The number of halogens is 6. The van der Waals surface area contributed by atoms with E-state index < -0.39 is 41.9 Å². The number of alkyl halides is 3. The van der Waals surface area contributed by atoms with Crippen molar-refractivity contribution in [2.45, 2.75) is 62.7 Å². The fourth-order valence-corrected chi connectivity index (χ4v) is 5.93. The Labute approximate surface area is 248 Å². The van der Waals surface area contributed by atoms with E-state index in [1.807, 2.05) is 0 Å². The van der Waals surface area contributed by atoms with Crippen LogP contribution in [0.1, 0.15) is 61.9 Å². The number of nitrogens with one attached hydrogen (secondary N) is 3. The number of fused-ring (bicyclic) bond motifs is 4. The molecule has 3 atom stereocenters. The first-order valence-electron chi connectivity index (χ1n) is 13.8. The number of carbonyl (C=O) groups is 2. The number of benzene rings is 2. The topological polar surface area (TPSA) is 99.3 Å². The molecular formula is C29H29ClF5N5O3. The zero-order valence-electron chi connectivity index (χ0n) is 23.0. The molecule has 3 heterocycles. The molecule has 14 heteroatoms. The average Bonchev–Trinajstić information content (AvgIpc) is 3.44. The molecule has 0 saturated carbocycles. The summed E-state index contributed by atoms with van der Waals surface area (Å²) in [5.41, 5.74) is 0.900. The number of rotatable bonds is 3. The maximum Gasteiger partial charge on any atom is 0.411 e. The predicted molar refractivity (Wildman–Crippen MR) is 150 cm³/mol. The zero-order valence-corrected chi connectivity index (χ0v) is 23.8. The van der Waals surface area contributed by atoms with E-state index >= 15 is 0 Å². The van der Waals surface area contributed by atoms with E-state index in [2.05, 4.69) is 25.3 Å². The number of imidazole rings is 1. The summed E-state index contributed by atoms with van der Waals surface area (Å²) in [6.45, 7) is 0.168. The molecule has 2 aliphatic rings. The van der Waals surface area contributed by atoms with Crippen LogP contribution in [0.4, 0.5) is 38.1 Å². The van der Waals surface area contributed by atoms with Gasteiger partial charge in [-0.2, -0.15) is 13.2 Å². The molecule has 2 bridgehead atoms. The minimum Gasteiger partial charge on any atom is -0.453 e. The first-order chi connectivity index (χ1) is 20.5. The number of amides is 2. The Bertz CT molecular complexity index is 1510. The molecule has 8 nitrogen and oxygen atoms in total. The minimum absolute atomic E-state index is 0.117. The van der Waals surface area contributed by atoms with Gasteiger partial charge < -0.3 is 19.9 Å². The lowest BCUT2D eigenvalue weighted by Crippen LogP contribution is -2.41. The highest BCUT2D eigenvalue weighted by atomic mass is 35.5. The fourth-order valence-electron chi connectivity index (χ4n) is 5.76. The lowest BCUT2D eigenvalue weighted by molar-refractivity contribution is -0.144. The summed E-state index contributed by atoms with van der Waals surface area (Å²) in [4.78, 5) is 34.4. The normalized spacial score (nSPS) is 21.2. The first kappa shape index (κ1) is 30.6. The Morgan fingerprint density at radius 2 is 1.91 bits per heavy atom. The summed E-state index contributed by atoms with van der Waals surface area (Å²) in [7, 11) is 1.17. The Kier molecular flexibility index (Phi) is 8.81. The van der Waals surface area contributed by atoms with Gasteiger partial charge in [-0.15, -0.1) is 0 Å². The van der Waals surface area contributed by atoms with Gasteiger partial charge in [-0.25, -0.2) is 18.6 Å². The van der Waals surface area contributed by atoms with Crippen molar-refractivity contribution in [3.8, 4) is 11.3 Å². The minimum atomic E-state index is -4.56. The maximum atomic E-state index is 14.7. The largest absolute Gasteiger partial charge is 0.453 e. The molecule has 43 heavy (non-hydrogen) atoms. The number of nitrogens with zero attached hydrogens (tertiary/aromatic N) is 2. The van der Waals surface area contributed by atoms with Gasteiger partial charge in [0.25, 0.3) is 0 Å². The molecule has 2 aromatic carbocycles. The number of H-pyrrole nitrogens is 1. The highest BCUT2D eigenvalue weighted by Crippen LogP contribution is 2.40. The number of methoxy groups -OCH3 is 1. The molecule has 0 radical (unpaired) electrons. The molecular weight excluding hydrogens is 597 g/mol. The third-order valence-corrected chi connectivity index (χ3v) is 8.21. The van der Waals surface area contributed by atoms with Crippen LogP contribution < -0.4 is 10.6 Å². The van der Waals surface area contributed by atoms with Crippen LogP contribution in [0.5, 0.6) is 0 Å². The molecule has 230 valence electrons. The van der Waals surface area contributed by atoms with Crippen LogP contribution in [-0.2, 0) is 9.53 Å². The van der Waals surface area contributed by atoms with Crippen molar-refractivity contribution < 1.29 is 36.3 Å². The Morgan fingerprint density at radius 3 is 2.63 bits per heavy atom. The molecule has 1 aromatic heterocycles. The van der Waals surface area contributed by atoms with E-state index in [0.717, 1.165) is 12.1 Å². The van der Waals surface area contributed by atoms with Gasteiger partial charge in [-0.3, -0.25) is 10.1 Å². The van der Waals surface area contributed by atoms with E-state index in [1.165, 1.54) is 25.4 Å². The monoisotopic (exact) mass is 625 g/mol. The summed E-state index contributed by atoms with van der Waals surface area (Å²) >= 11 is 5.87. The molecule has 0 aliphatic carbocycles. The van der Waals surface area contributed by atoms with Crippen LogP contribution in [0, 0.1) is 11.6 Å². The van der Waals surface area contributed by atoms with Crippen LogP contribution in [0.2, 0.25) is 5.02 Å². The molecule has 1 unspecified atom stereocenters. The van der Waals surface area contributed by atoms with Crippen molar-refractivity contribution in [2.24, 2.45) is 0 Å². The molecule has 0 spiro atoms. The number of likely N-dealkylation sites (tertiary alicyclic amines) is 1. The lowest BCUT2D eigenvalue weighted by Gasteiger charge is -2.37. The van der Waals surface area contributed by atoms with Gasteiger partial charge in [0.2, 0.25) is 5.91 Å². The number of ether oxygens (including phenoxy) is 1. The Balaban J connectivity index is 1.46. The maximum absolute atomic E-state index is 14.7. The number of aromatic amines is 1. The number of aromatic nitrogens is 2. The molecule has 3 aromatic rings. The second-order valence-corrected chi connectivity index (χ2v) is 11.0. The van der Waals surface area contributed by atoms with Crippen molar-refractivity contribution in [2.75, 3.05) is 24.3 Å². The average molecular weight is 626 g/mol. The second-order valence-electron chi connectivity index (χ2n) is 10.6. The quantitative estimate of drug-likeness (QED) is 0.206. The van der Waals surface area contributed by atoms with E-state index in [-0.39, 0.29) is 60.1 Å². The Morgan fingerprint density at radius 1 is 1.14 bits per heavy atom. The highest BCUT2D eigenvalue weighted by Gasteiger charge is 2.40. The molecule has 2 amide bonds. The van der Waals surface area contributed by atoms with Gasteiger partial charge in [0.15, 0.2) is 0 Å². The van der Waals surface area contributed by atoms with Crippen molar-refractivity contribution in [1.29, 1.82) is 0 Å². The molecule has 2 aliphatic heterocycles. The Hall–Kier alpha value is -3.87. The highest BCUT2D eigenvalue weighted by molar-refractivity contribution is 6.30. The third kappa shape index (κ3) is 6.56. The number of hydrogen-bond donors (Lipinski definition) is 3. The van der Waals surface area contributed by atoms with Crippen molar-refractivity contribution in [3.05, 3.63) is 64.6 Å². The second kappa shape index (κ2) is 12.4. The third-order valence-electron chi connectivity index (χ3n) is 7.92. The lowest BCUT2D eigenvalue weighted by atomic mass is 9.87. The summed E-state index contributed by atoms with van der Waals surface area (Å²) in [6.07, 6.45) is -3.09. The standard InChI is InChI=1S/C29H29ClF5N5O3/c1-43-28(42)37-16-6-7-17-20(13-16)38-23(29(33,34)35)5-3-2-4-22(27-36-14-21(17)39-27)40-11-10-15(12-24(40)41)25-19(31)9-8-18(30)26(25)32/h6-9,13-15,22-23,38H,2-5,10-12H2,1H3,(H,36,39)(H,37,42)/t15?,22-,23-/m0/s1. The number of carbonyl (C=O) groups excluding carboxylic acids is 2. The zero-order chi connectivity index (χ0) is 30.9. The first-order valence-corrected chi connectivity index (χ1v) is 14.1. The number of anilines is 2. The van der Waals surface area contributed by atoms with Crippen LogP contribution in [0.15, 0.2) is 36.5 Å². The van der Waals surface area contributed by atoms with Crippen molar-refractivity contribution >= 4 is 35.0 Å². The summed E-state index contributed by atoms with van der Waals surface area (Å²) in [6, 6.07) is 4.19. The molecule has 1 fully saturated rings.